The number of hydrazine groups is 1. The molecule has 0 saturated carbocycles. The molecule has 37 heavy (non-hydrogen) atoms. The molecule has 2 unspecified atom stereocenters. The number of amides is 1. The second-order valence-corrected chi connectivity index (χ2v) is 8.56. The van der Waals surface area contributed by atoms with Crippen LogP contribution in [0.25, 0.3) is 0 Å². The van der Waals surface area contributed by atoms with Gasteiger partial charge in [0.1, 0.15) is 5.75 Å². The monoisotopic (exact) mass is 528 g/mol. The summed E-state index contributed by atoms with van der Waals surface area (Å²) in [5.74, 6) is -2.28. The fraction of sp³-hybridized carbons (Fsp3) is 0.208. The van der Waals surface area contributed by atoms with E-state index in [1.807, 2.05) is 6.07 Å². The third-order valence-electron chi connectivity index (χ3n) is 5.58. The number of aromatic nitrogens is 2. The molecule has 1 amide bonds. The summed E-state index contributed by atoms with van der Waals surface area (Å²) in [7, 11) is 0. The number of rotatable bonds is 5. The van der Waals surface area contributed by atoms with Crippen LogP contribution in [0, 0.1) is 22.7 Å². The number of ether oxygens (including phenoxy) is 1. The molecule has 0 bridgehead atoms. The van der Waals surface area contributed by atoms with Crippen LogP contribution in [0.2, 0.25) is 5.02 Å². The third kappa shape index (κ3) is 5.72. The van der Waals surface area contributed by atoms with Gasteiger partial charge in [-0.05, 0) is 42.3 Å². The van der Waals surface area contributed by atoms with Crippen LogP contribution < -0.4 is 21.1 Å². The fourth-order valence-electron chi connectivity index (χ4n) is 3.84. The van der Waals surface area contributed by atoms with Crippen molar-refractivity contribution in [1.29, 1.82) is 10.5 Å². The molecule has 1 aliphatic rings. The highest BCUT2D eigenvalue weighted by atomic mass is 35.5. The number of hydrogen-bond acceptors (Lipinski definition) is 7. The van der Waals surface area contributed by atoms with Crippen molar-refractivity contribution in [3.05, 3.63) is 86.6 Å². The van der Waals surface area contributed by atoms with E-state index in [4.69, 9.17) is 26.9 Å². The minimum absolute atomic E-state index is 0.0243. The van der Waals surface area contributed by atoms with Gasteiger partial charge in [-0.15, -0.1) is 0 Å². The predicted octanol–water partition coefficient (Wildman–Crippen LogP) is 3.63. The predicted molar refractivity (Wildman–Crippen MR) is 123 cm³/mol. The number of nitriles is 2. The molecule has 0 aliphatic carbocycles. The molecule has 1 aliphatic heterocycles. The van der Waals surface area contributed by atoms with Crippen LogP contribution in [0.4, 0.5) is 13.2 Å². The average Bonchev–Trinajstić information content (AvgIpc) is 2.86. The van der Waals surface area contributed by atoms with E-state index >= 15 is 0 Å². The number of alkyl halides is 3. The zero-order valence-corrected chi connectivity index (χ0v) is 19.5. The van der Waals surface area contributed by atoms with E-state index in [9.17, 15) is 22.8 Å². The molecule has 2 aromatic carbocycles. The summed E-state index contributed by atoms with van der Waals surface area (Å²) in [4.78, 5) is 28.9. The maximum absolute atomic E-state index is 13.6. The largest absolute Gasteiger partial charge is 0.449 e. The van der Waals surface area contributed by atoms with Gasteiger partial charge < -0.3 is 4.74 Å². The van der Waals surface area contributed by atoms with Gasteiger partial charge in [0.05, 0.1) is 35.5 Å². The van der Waals surface area contributed by atoms with E-state index in [0.29, 0.717) is 11.1 Å². The van der Waals surface area contributed by atoms with Crippen LogP contribution in [-0.2, 0) is 17.5 Å². The number of nitrogens with zero attached hydrogens (tertiary/aromatic N) is 4. The maximum Gasteiger partial charge on any atom is 0.437 e. The fourth-order valence-corrected chi connectivity index (χ4v) is 4.07. The summed E-state index contributed by atoms with van der Waals surface area (Å²) in [6.07, 6.45) is -4.03. The Balaban J connectivity index is 1.64. The Morgan fingerprint density at radius 3 is 2.46 bits per heavy atom. The number of halogens is 4. The minimum Gasteiger partial charge on any atom is -0.449 e. The molecule has 0 radical (unpaired) electrons. The van der Waals surface area contributed by atoms with Gasteiger partial charge in [0.2, 0.25) is 11.7 Å². The Morgan fingerprint density at radius 1 is 1.11 bits per heavy atom. The minimum atomic E-state index is -5.00. The van der Waals surface area contributed by atoms with Gasteiger partial charge in [0.15, 0.2) is 5.69 Å². The summed E-state index contributed by atoms with van der Waals surface area (Å²) < 4.78 is 47.1. The molecule has 2 heterocycles. The van der Waals surface area contributed by atoms with Gasteiger partial charge >= 0.3 is 6.18 Å². The molecule has 2 N–H and O–H groups in total. The Labute approximate surface area is 212 Å². The number of carbonyl (C=O) groups is 1. The summed E-state index contributed by atoms with van der Waals surface area (Å²) in [6.45, 7) is -0.146. The Morgan fingerprint density at radius 2 is 1.81 bits per heavy atom. The van der Waals surface area contributed by atoms with E-state index in [0.717, 1.165) is 17.0 Å². The van der Waals surface area contributed by atoms with E-state index in [-0.39, 0.29) is 35.2 Å². The van der Waals surface area contributed by atoms with Crippen LogP contribution >= 0.6 is 11.6 Å². The molecule has 188 valence electrons. The lowest BCUT2D eigenvalue weighted by Crippen LogP contribution is -2.54. The normalized spacial score (nSPS) is 17.4. The van der Waals surface area contributed by atoms with Crippen LogP contribution in [-0.4, -0.2) is 21.5 Å². The number of hydrogen-bond donors (Lipinski definition) is 2. The standard InChI is InChI=1S/C24H16ClF3N6O3/c25-16-5-14(10-30)6-18(7-16)37-20-21(24(26,27)28)31-12-34(23(20)36)11-17-8-19(22(35)33-32-17)15-3-1-13(9-29)2-4-15/h1-7,12,17,19,32H,8,11H2,(H,33,35). The smallest absolute Gasteiger partial charge is 0.437 e. The lowest BCUT2D eigenvalue weighted by molar-refractivity contribution is -0.142. The molecule has 1 aromatic heterocycles. The van der Waals surface area contributed by atoms with Crippen LogP contribution in [0.1, 0.15) is 34.7 Å². The summed E-state index contributed by atoms with van der Waals surface area (Å²) in [5.41, 5.74) is 3.69. The van der Waals surface area contributed by atoms with Crippen molar-refractivity contribution in [2.75, 3.05) is 0 Å². The molecular formula is C24H16ClF3N6O3. The number of benzene rings is 2. The number of nitrogens with one attached hydrogen (secondary N) is 2. The second kappa shape index (κ2) is 10.3. The van der Waals surface area contributed by atoms with Crippen molar-refractivity contribution >= 4 is 17.5 Å². The van der Waals surface area contributed by atoms with E-state index < -0.39 is 35.1 Å². The van der Waals surface area contributed by atoms with Gasteiger partial charge in [-0.25, -0.2) is 10.4 Å². The van der Waals surface area contributed by atoms with Gasteiger partial charge in [-0.1, -0.05) is 23.7 Å². The second-order valence-electron chi connectivity index (χ2n) is 8.12. The van der Waals surface area contributed by atoms with Crippen LogP contribution in [0.5, 0.6) is 11.5 Å². The Kier molecular flexibility index (Phi) is 7.16. The van der Waals surface area contributed by atoms with Gasteiger partial charge in [0, 0.05) is 17.6 Å². The van der Waals surface area contributed by atoms with Crippen molar-refractivity contribution in [2.45, 2.75) is 31.1 Å². The lowest BCUT2D eigenvalue weighted by atomic mass is 9.89. The summed E-state index contributed by atoms with van der Waals surface area (Å²) in [6, 6.07) is 13.3. The first kappa shape index (κ1) is 25.7. The van der Waals surface area contributed by atoms with Crippen molar-refractivity contribution in [1.82, 2.24) is 20.4 Å². The molecule has 1 saturated heterocycles. The third-order valence-corrected chi connectivity index (χ3v) is 5.80. The Bertz CT molecular complexity index is 1490. The lowest BCUT2D eigenvalue weighted by Gasteiger charge is -2.30. The SMILES string of the molecule is N#Cc1ccc(C2CC(Cn3cnc(C(F)(F)F)c(Oc4cc(Cl)cc(C#N)c4)c3=O)NNC2=O)cc1. The van der Waals surface area contributed by atoms with E-state index in [2.05, 4.69) is 15.8 Å². The Hall–Kier alpha value is -4.39. The van der Waals surface area contributed by atoms with Crippen molar-refractivity contribution in [3.8, 4) is 23.6 Å². The highest BCUT2D eigenvalue weighted by Gasteiger charge is 2.39. The molecule has 13 heteroatoms. The zero-order valence-electron chi connectivity index (χ0n) is 18.7. The summed E-state index contributed by atoms with van der Waals surface area (Å²) >= 11 is 5.91. The first-order chi connectivity index (χ1) is 17.6. The van der Waals surface area contributed by atoms with Crippen molar-refractivity contribution in [3.63, 3.8) is 0 Å². The summed E-state index contributed by atoms with van der Waals surface area (Å²) in [5, 5.41) is 18.1. The van der Waals surface area contributed by atoms with Crippen molar-refractivity contribution in [2.24, 2.45) is 0 Å². The van der Waals surface area contributed by atoms with E-state index in [1.54, 1.807) is 30.3 Å². The first-order valence-electron chi connectivity index (χ1n) is 10.7. The molecule has 9 nitrogen and oxygen atoms in total. The molecule has 2 atom stereocenters. The van der Waals surface area contributed by atoms with Gasteiger partial charge in [-0.3, -0.25) is 19.6 Å². The van der Waals surface area contributed by atoms with E-state index in [1.165, 1.54) is 12.1 Å². The first-order valence-corrected chi connectivity index (χ1v) is 11.1. The number of carbonyl (C=O) groups excluding carboxylic acids is 1. The highest BCUT2D eigenvalue weighted by Crippen LogP contribution is 2.35. The van der Waals surface area contributed by atoms with Crippen LogP contribution in [0.15, 0.2) is 53.6 Å². The van der Waals surface area contributed by atoms with Gasteiger partial charge in [-0.2, -0.15) is 23.7 Å². The molecule has 1 fully saturated rings. The quantitative estimate of drug-likeness (QED) is 0.516. The molecule has 4 rings (SSSR count). The van der Waals surface area contributed by atoms with Gasteiger partial charge in [0.25, 0.3) is 5.56 Å². The maximum atomic E-state index is 13.6. The van der Waals surface area contributed by atoms with Crippen LogP contribution in [0.3, 0.4) is 0 Å². The molecular weight excluding hydrogens is 513 g/mol. The topological polar surface area (TPSA) is 133 Å². The highest BCUT2D eigenvalue weighted by molar-refractivity contribution is 6.30. The zero-order chi connectivity index (χ0) is 26.7. The molecule has 0 spiro atoms. The average molecular weight is 529 g/mol. The van der Waals surface area contributed by atoms with Crippen molar-refractivity contribution < 1.29 is 22.7 Å². The molecule has 3 aromatic rings.